The number of aryl methyl sites for hydroxylation is 1. The lowest BCUT2D eigenvalue weighted by molar-refractivity contribution is 0.0361. The number of aromatic nitrogens is 2. The summed E-state index contributed by atoms with van der Waals surface area (Å²) in [6, 6.07) is 17.3. The molecule has 2 aromatic carbocycles. The van der Waals surface area contributed by atoms with E-state index < -0.39 is 15.9 Å². The molecule has 0 fully saturated rings. The van der Waals surface area contributed by atoms with Gasteiger partial charge in [-0.2, -0.15) is 0 Å². The van der Waals surface area contributed by atoms with E-state index >= 15 is 0 Å². The molecule has 7 heteroatoms. The van der Waals surface area contributed by atoms with Crippen molar-refractivity contribution >= 4 is 9.84 Å². The minimum atomic E-state index is -3.65. The molecule has 0 spiro atoms. The SMILES string of the molecule is Cc1ccnc(S(=O)(=O)CCC(OCc2ccccc2F)c2ccccc2)n1. The van der Waals surface area contributed by atoms with Crippen molar-refractivity contribution in [2.75, 3.05) is 5.75 Å². The van der Waals surface area contributed by atoms with Crippen LogP contribution in [0.15, 0.2) is 72.0 Å². The van der Waals surface area contributed by atoms with Crippen molar-refractivity contribution in [3.8, 4) is 0 Å². The van der Waals surface area contributed by atoms with E-state index in [1.807, 2.05) is 30.3 Å². The van der Waals surface area contributed by atoms with Gasteiger partial charge in [-0.3, -0.25) is 0 Å². The zero-order valence-electron chi connectivity index (χ0n) is 15.5. The maximum Gasteiger partial charge on any atom is 0.247 e. The van der Waals surface area contributed by atoms with Crippen molar-refractivity contribution in [3.05, 3.63) is 89.5 Å². The van der Waals surface area contributed by atoms with Crippen LogP contribution in [0.3, 0.4) is 0 Å². The zero-order chi connectivity index (χ0) is 20.0. The molecule has 0 amide bonds. The van der Waals surface area contributed by atoms with Gasteiger partial charge < -0.3 is 4.74 Å². The molecule has 0 aliphatic carbocycles. The smallest absolute Gasteiger partial charge is 0.247 e. The summed E-state index contributed by atoms with van der Waals surface area (Å²) in [6.07, 6.45) is 1.14. The highest BCUT2D eigenvalue weighted by Crippen LogP contribution is 2.25. The molecule has 146 valence electrons. The number of ether oxygens (including phenoxy) is 1. The molecule has 1 aromatic heterocycles. The van der Waals surface area contributed by atoms with Crippen LogP contribution in [0.5, 0.6) is 0 Å². The molecule has 0 radical (unpaired) electrons. The normalized spacial score (nSPS) is 12.6. The first-order valence-electron chi connectivity index (χ1n) is 8.88. The minimum absolute atomic E-state index is 0.0488. The predicted molar refractivity (Wildman–Crippen MR) is 104 cm³/mol. The van der Waals surface area contributed by atoms with Crippen molar-refractivity contribution in [3.63, 3.8) is 0 Å². The van der Waals surface area contributed by atoms with Gasteiger partial charge in [0, 0.05) is 17.5 Å². The Labute approximate surface area is 164 Å². The number of nitrogens with zero attached hydrogens (tertiary/aromatic N) is 2. The lowest BCUT2D eigenvalue weighted by atomic mass is 10.1. The van der Waals surface area contributed by atoms with Crippen molar-refractivity contribution in [2.24, 2.45) is 0 Å². The number of benzene rings is 2. The zero-order valence-corrected chi connectivity index (χ0v) is 16.3. The second-order valence-corrected chi connectivity index (χ2v) is 8.39. The molecule has 0 bridgehead atoms. The number of rotatable bonds is 8. The molecule has 1 heterocycles. The van der Waals surface area contributed by atoms with Crippen molar-refractivity contribution in [1.82, 2.24) is 9.97 Å². The van der Waals surface area contributed by atoms with Gasteiger partial charge >= 0.3 is 0 Å². The molecule has 0 saturated heterocycles. The summed E-state index contributed by atoms with van der Waals surface area (Å²) in [6.45, 7) is 1.76. The average Bonchev–Trinajstić information content (AvgIpc) is 2.70. The third-order valence-corrected chi connectivity index (χ3v) is 5.80. The van der Waals surface area contributed by atoms with Gasteiger partial charge in [-0.15, -0.1) is 0 Å². The van der Waals surface area contributed by atoms with Crippen LogP contribution >= 0.6 is 0 Å². The second-order valence-electron chi connectivity index (χ2n) is 6.39. The number of sulfone groups is 1. The largest absolute Gasteiger partial charge is 0.369 e. The summed E-state index contributed by atoms with van der Waals surface area (Å²) >= 11 is 0. The maximum absolute atomic E-state index is 13.9. The summed E-state index contributed by atoms with van der Waals surface area (Å²) in [5.74, 6) is -0.525. The van der Waals surface area contributed by atoms with Crippen LogP contribution in [-0.2, 0) is 21.2 Å². The van der Waals surface area contributed by atoms with E-state index in [1.54, 1.807) is 31.2 Å². The second kappa shape index (κ2) is 9.03. The van der Waals surface area contributed by atoms with E-state index in [9.17, 15) is 12.8 Å². The maximum atomic E-state index is 13.9. The first-order valence-corrected chi connectivity index (χ1v) is 10.5. The third kappa shape index (κ3) is 5.21. The number of hydrogen-bond donors (Lipinski definition) is 0. The molecule has 0 aliphatic heterocycles. The van der Waals surface area contributed by atoms with Crippen molar-refractivity contribution in [1.29, 1.82) is 0 Å². The van der Waals surface area contributed by atoms with Crippen LogP contribution in [0, 0.1) is 12.7 Å². The molecule has 5 nitrogen and oxygen atoms in total. The Morgan fingerprint density at radius 3 is 2.46 bits per heavy atom. The Bertz CT molecular complexity index is 1030. The first kappa shape index (κ1) is 20.1. The minimum Gasteiger partial charge on any atom is -0.369 e. The molecule has 0 N–H and O–H groups in total. The Hall–Kier alpha value is -2.64. The van der Waals surface area contributed by atoms with E-state index in [1.165, 1.54) is 12.3 Å². The van der Waals surface area contributed by atoms with Crippen molar-refractivity contribution in [2.45, 2.75) is 31.2 Å². The van der Waals surface area contributed by atoms with Gasteiger partial charge in [0.25, 0.3) is 0 Å². The quantitative estimate of drug-likeness (QED) is 0.534. The number of hydrogen-bond acceptors (Lipinski definition) is 5. The molecular formula is C21H21FN2O3S. The molecule has 0 saturated carbocycles. The van der Waals surface area contributed by atoms with Gasteiger partial charge in [0.2, 0.25) is 15.0 Å². The Balaban J connectivity index is 1.75. The fourth-order valence-electron chi connectivity index (χ4n) is 2.75. The van der Waals surface area contributed by atoms with E-state index in [2.05, 4.69) is 9.97 Å². The van der Waals surface area contributed by atoms with Crippen molar-refractivity contribution < 1.29 is 17.5 Å². The highest BCUT2D eigenvalue weighted by molar-refractivity contribution is 7.91. The Kier molecular flexibility index (Phi) is 6.49. The van der Waals surface area contributed by atoms with Crippen LogP contribution in [0.4, 0.5) is 4.39 Å². The third-order valence-electron chi connectivity index (χ3n) is 4.27. The predicted octanol–water partition coefficient (Wildman–Crippen LogP) is 4.05. The van der Waals surface area contributed by atoms with Gasteiger partial charge in [0.05, 0.1) is 18.5 Å². The van der Waals surface area contributed by atoms with Crippen LogP contribution in [0.1, 0.15) is 29.3 Å². The van der Waals surface area contributed by atoms with Crippen LogP contribution in [0.2, 0.25) is 0 Å². The van der Waals surface area contributed by atoms with E-state index in [-0.39, 0.29) is 29.8 Å². The lowest BCUT2D eigenvalue weighted by Crippen LogP contribution is -2.16. The molecule has 1 unspecified atom stereocenters. The van der Waals surface area contributed by atoms with E-state index in [4.69, 9.17) is 4.74 Å². The Morgan fingerprint density at radius 2 is 1.75 bits per heavy atom. The van der Waals surface area contributed by atoms with Crippen LogP contribution in [0.25, 0.3) is 0 Å². The molecule has 3 aromatic rings. The summed E-state index contributed by atoms with van der Waals surface area (Å²) in [7, 11) is -3.65. The fourth-order valence-corrected chi connectivity index (χ4v) is 3.96. The summed E-state index contributed by atoms with van der Waals surface area (Å²) in [4.78, 5) is 7.89. The fraction of sp³-hybridized carbons (Fsp3) is 0.238. The number of halogens is 1. The molecule has 0 aliphatic rings. The Morgan fingerprint density at radius 1 is 1.04 bits per heavy atom. The van der Waals surface area contributed by atoms with Gasteiger partial charge in [-0.25, -0.2) is 22.8 Å². The van der Waals surface area contributed by atoms with Gasteiger partial charge in [0.1, 0.15) is 5.82 Å². The highest BCUT2D eigenvalue weighted by Gasteiger charge is 2.22. The molecule has 3 rings (SSSR count). The average molecular weight is 400 g/mol. The molecule has 1 atom stereocenters. The standard InChI is InChI=1S/C21H21FN2O3S/c1-16-11-13-23-21(24-16)28(25,26)14-12-20(17-7-3-2-4-8-17)27-15-18-9-5-6-10-19(18)22/h2-11,13,20H,12,14-15H2,1H3. The van der Waals surface area contributed by atoms with Crippen LogP contribution in [-0.4, -0.2) is 24.1 Å². The topological polar surface area (TPSA) is 69.2 Å². The summed E-state index contributed by atoms with van der Waals surface area (Å²) < 4.78 is 45.0. The van der Waals surface area contributed by atoms with Gasteiger partial charge in [-0.05, 0) is 31.0 Å². The monoisotopic (exact) mass is 400 g/mol. The molecule has 28 heavy (non-hydrogen) atoms. The van der Waals surface area contributed by atoms with E-state index in [0.29, 0.717) is 11.3 Å². The first-order chi connectivity index (χ1) is 13.5. The van der Waals surface area contributed by atoms with Gasteiger partial charge in [-0.1, -0.05) is 48.5 Å². The molecular weight excluding hydrogens is 379 g/mol. The summed E-state index contributed by atoms with van der Waals surface area (Å²) in [5, 5.41) is -0.187. The van der Waals surface area contributed by atoms with E-state index in [0.717, 1.165) is 5.56 Å². The highest BCUT2D eigenvalue weighted by atomic mass is 32.2. The van der Waals surface area contributed by atoms with Crippen LogP contribution < -0.4 is 0 Å². The van der Waals surface area contributed by atoms with Gasteiger partial charge in [0.15, 0.2) is 0 Å². The summed E-state index contributed by atoms with van der Waals surface area (Å²) in [5.41, 5.74) is 1.84. The lowest BCUT2D eigenvalue weighted by Gasteiger charge is -2.18.